The molecule has 2 aliphatic carbocycles. The minimum atomic E-state index is -0.00884. The lowest BCUT2D eigenvalue weighted by Crippen LogP contribution is -2.46. The van der Waals surface area contributed by atoms with E-state index in [0.29, 0.717) is 18.9 Å². The van der Waals surface area contributed by atoms with E-state index in [9.17, 15) is 4.79 Å². The molecule has 170 valence electrons. The summed E-state index contributed by atoms with van der Waals surface area (Å²) >= 11 is 0. The van der Waals surface area contributed by atoms with Crippen molar-refractivity contribution in [3.05, 3.63) is 35.8 Å². The van der Waals surface area contributed by atoms with Gasteiger partial charge in [0.15, 0.2) is 0 Å². The number of fused-ring (bicyclic) bond motifs is 3. The van der Waals surface area contributed by atoms with Crippen LogP contribution >= 0.6 is 0 Å². The molecule has 0 radical (unpaired) electrons. The first kappa shape index (κ1) is 22.3. The molecule has 0 aromatic carbocycles. The number of carbonyl (C=O) groups excluding carboxylic acids is 1. The topological polar surface area (TPSA) is 58.9 Å². The first-order chi connectivity index (χ1) is 14.8. The second-order valence-electron chi connectivity index (χ2n) is 10.6. The van der Waals surface area contributed by atoms with E-state index in [4.69, 9.17) is 4.74 Å². The molecule has 0 aliphatic heterocycles. The molecule has 2 fully saturated rings. The number of ether oxygens (including phenoxy) is 1. The zero-order valence-corrected chi connectivity index (χ0v) is 19.6. The van der Waals surface area contributed by atoms with Crippen LogP contribution in [-0.2, 0) is 11.3 Å². The van der Waals surface area contributed by atoms with Crippen LogP contribution in [0.3, 0.4) is 0 Å². The maximum atomic E-state index is 13.2. The van der Waals surface area contributed by atoms with Crippen LogP contribution in [0.4, 0.5) is 0 Å². The lowest BCUT2D eigenvalue weighted by Gasteiger charge is -2.50. The number of likely N-dealkylation sites (N-methyl/N-ethyl adjacent to an activating group) is 1. The van der Waals surface area contributed by atoms with E-state index in [2.05, 4.69) is 29.0 Å². The van der Waals surface area contributed by atoms with Gasteiger partial charge in [0.2, 0.25) is 0 Å². The normalized spacial score (nSPS) is 28.2. The summed E-state index contributed by atoms with van der Waals surface area (Å²) in [5.74, 6) is 2.34. The number of nitrogens with zero attached hydrogens (tertiary/aromatic N) is 3. The van der Waals surface area contributed by atoms with Crippen molar-refractivity contribution in [1.82, 2.24) is 19.6 Å². The summed E-state index contributed by atoms with van der Waals surface area (Å²) in [6, 6.07) is 5.73. The number of amides is 1. The molecule has 0 saturated heterocycles. The molecule has 0 spiro atoms. The minimum Gasteiger partial charge on any atom is -0.374 e. The Morgan fingerprint density at radius 2 is 1.97 bits per heavy atom. The third-order valence-electron chi connectivity index (χ3n) is 7.09. The van der Waals surface area contributed by atoms with Crippen LogP contribution in [0, 0.1) is 23.2 Å². The molecule has 4 rings (SSSR count). The quantitative estimate of drug-likeness (QED) is 0.649. The second kappa shape index (κ2) is 9.29. The zero-order valence-electron chi connectivity index (χ0n) is 19.6. The number of hydrogen-bond acceptors (Lipinski definition) is 4. The molecule has 2 aromatic rings. The molecule has 1 N–H and O–H groups in total. The lowest BCUT2D eigenvalue weighted by molar-refractivity contribution is 0.0183. The molecular formula is C25H38N4O2. The fraction of sp³-hybridized carbons (Fsp3) is 0.680. The molecule has 6 heteroatoms. The molecule has 2 unspecified atom stereocenters. The number of carbonyl (C=O) groups is 1. The highest BCUT2D eigenvalue weighted by Crippen LogP contribution is 2.52. The Balaban J connectivity index is 1.43. The molecule has 6 nitrogen and oxygen atoms in total. The van der Waals surface area contributed by atoms with Crippen molar-refractivity contribution in [2.75, 3.05) is 33.8 Å². The van der Waals surface area contributed by atoms with Gasteiger partial charge in [-0.05, 0) is 81.5 Å². The zero-order chi connectivity index (χ0) is 22.0. The van der Waals surface area contributed by atoms with Crippen molar-refractivity contribution in [2.45, 2.75) is 52.6 Å². The van der Waals surface area contributed by atoms with Crippen molar-refractivity contribution in [2.24, 2.45) is 23.2 Å². The van der Waals surface area contributed by atoms with Crippen LogP contribution in [-0.4, -0.2) is 54.0 Å². The third kappa shape index (κ3) is 5.29. The van der Waals surface area contributed by atoms with Gasteiger partial charge in [0, 0.05) is 19.3 Å². The maximum absolute atomic E-state index is 13.2. The molecule has 31 heavy (non-hydrogen) atoms. The SMILES string of the molecule is CC1CC2CC(C)CC(CNC(=O)c3cccc4nc(COCCN(C)C)cn34)(C1)C2. The van der Waals surface area contributed by atoms with Gasteiger partial charge in [0.05, 0.1) is 18.9 Å². The summed E-state index contributed by atoms with van der Waals surface area (Å²) < 4.78 is 7.63. The van der Waals surface area contributed by atoms with Crippen LogP contribution in [0.15, 0.2) is 24.4 Å². The largest absolute Gasteiger partial charge is 0.374 e. The molecule has 2 heterocycles. The number of aromatic nitrogens is 2. The van der Waals surface area contributed by atoms with Crippen LogP contribution in [0.1, 0.15) is 62.1 Å². The number of hydrogen-bond donors (Lipinski definition) is 1. The van der Waals surface area contributed by atoms with Crippen molar-refractivity contribution in [3.63, 3.8) is 0 Å². The highest BCUT2D eigenvalue weighted by Gasteiger charge is 2.44. The predicted octanol–water partition coefficient (Wildman–Crippen LogP) is 3.99. The van der Waals surface area contributed by atoms with E-state index >= 15 is 0 Å². The number of nitrogens with one attached hydrogen (secondary N) is 1. The summed E-state index contributed by atoms with van der Waals surface area (Å²) in [4.78, 5) is 19.9. The Bertz CT molecular complexity index is 887. The summed E-state index contributed by atoms with van der Waals surface area (Å²) in [7, 11) is 4.06. The minimum absolute atomic E-state index is 0.00884. The Labute approximate surface area is 186 Å². The first-order valence-electron chi connectivity index (χ1n) is 11.8. The van der Waals surface area contributed by atoms with Gasteiger partial charge in [-0.1, -0.05) is 19.9 Å². The van der Waals surface area contributed by atoms with E-state index in [1.54, 1.807) is 0 Å². The highest BCUT2D eigenvalue weighted by molar-refractivity contribution is 5.93. The Hall–Kier alpha value is -1.92. The van der Waals surface area contributed by atoms with Crippen molar-refractivity contribution in [3.8, 4) is 0 Å². The predicted molar refractivity (Wildman–Crippen MR) is 123 cm³/mol. The van der Waals surface area contributed by atoms with E-state index < -0.39 is 0 Å². The standard InChI is InChI=1S/C25H38N4O2/c1-18-10-20-11-19(2)13-25(12-18,14-20)17-26-24(30)22-6-5-7-23-27-21(15-29(22)23)16-31-9-8-28(3)4/h5-7,15,18-20H,8-14,16-17H2,1-4H3,(H,26,30). The third-order valence-corrected chi connectivity index (χ3v) is 7.09. The van der Waals surface area contributed by atoms with Gasteiger partial charge >= 0.3 is 0 Å². The second-order valence-corrected chi connectivity index (χ2v) is 10.6. The lowest BCUT2D eigenvalue weighted by atomic mass is 9.57. The average Bonchev–Trinajstić information content (AvgIpc) is 3.11. The molecule has 2 bridgehead atoms. The van der Waals surface area contributed by atoms with Gasteiger partial charge in [-0.3, -0.25) is 9.20 Å². The summed E-state index contributed by atoms with van der Waals surface area (Å²) in [6.07, 6.45) is 8.38. The van der Waals surface area contributed by atoms with Crippen molar-refractivity contribution < 1.29 is 9.53 Å². The number of rotatable bonds is 8. The van der Waals surface area contributed by atoms with E-state index in [1.165, 1.54) is 32.1 Å². The van der Waals surface area contributed by atoms with Crippen LogP contribution in [0.5, 0.6) is 0 Å². The van der Waals surface area contributed by atoms with Crippen LogP contribution in [0.25, 0.3) is 5.65 Å². The molecule has 1 amide bonds. The fourth-order valence-electron chi connectivity index (χ4n) is 6.22. The summed E-state index contributed by atoms with van der Waals surface area (Å²) in [5, 5.41) is 3.30. The van der Waals surface area contributed by atoms with Gasteiger partial charge in [0.1, 0.15) is 11.3 Å². The Morgan fingerprint density at radius 1 is 1.23 bits per heavy atom. The Kier molecular flexibility index (Phi) is 6.68. The van der Waals surface area contributed by atoms with Gasteiger partial charge in [-0.2, -0.15) is 0 Å². The molecule has 2 atom stereocenters. The molecule has 2 aliphatic rings. The van der Waals surface area contributed by atoms with Gasteiger partial charge in [-0.15, -0.1) is 0 Å². The van der Waals surface area contributed by atoms with Crippen LogP contribution in [0.2, 0.25) is 0 Å². The average molecular weight is 427 g/mol. The summed E-state index contributed by atoms with van der Waals surface area (Å²) in [5.41, 5.74) is 2.55. The number of pyridine rings is 1. The Morgan fingerprint density at radius 3 is 2.68 bits per heavy atom. The summed E-state index contributed by atoms with van der Waals surface area (Å²) in [6.45, 7) is 7.54. The van der Waals surface area contributed by atoms with Crippen molar-refractivity contribution >= 4 is 11.6 Å². The smallest absolute Gasteiger partial charge is 0.268 e. The van der Waals surface area contributed by atoms with Gasteiger partial charge in [-0.25, -0.2) is 4.98 Å². The maximum Gasteiger partial charge on any atom is 0.268 e. The number of imidazole rings is 1. The van der Waals surface area contributed by atoms with Gasteiger partial charge < -0.3 is 15.0 Å². The fourth-order valence-corrected chi connectivity index (χ4v) is 6.22. The van der Waals surface area contributed by atoms with Crippen molar-refractivity contribution in [1.29, 1.82) is 0 Å². The van der Waals surface area contributed by atoms with Crippen LogP contribution < -0.4 is 5.32 Å². The van der Waals surface area contributed by atoms with E-state index in [-0.39, 0.29) is 11.3 Å². The molecular weight excluding hydrogens is 388 g/mol. The van der Waals surface area contributed by atoms with Gasteiger partial charge in [0.25, 0.3) is 5.91 Å². The van der Waals surface area contributed by atoms with E-state index in [0.717, 1.165) is 42.2 Å². The molecule has 2 aromatic heterocycles. The monoisotopic (exact) mass is 426 g/mol. The highest BCUT2D eigenvalue weighted by atomic mass is 16.5. The molecule has 2 saturated carbocycles. The first-order valence-corrected chi connectivity index (χ1v) is 11.8. The van der Waals surface area contributed by atoms with E-state index in [1.807, 2.05) is 42.9 Å².